The van der Waals surface area contributed by atoms with Crippen molar-refractivity contribution >= 4 is 11.9 Å². The van der Waals surface area contributed by atoms with E-state index in [9.17, 15) is 14.4 Å². The molecule has 1 unspecified atom stereocenters. The van der Waals surface area contributed by atoms with Gasteiger partial charge in [0.25, 0.3) is 11.5 Å². The van der Waals surface area contributed by atoms with Gasteiger partial charge in [-0.2, -0.15) is 0 Å². The Morgan fingerprint density at radius 1 is 1.53 bits per heavy atom. The van der Waals surface area contributed by atoms with E-state index in [2.05, 4.69) is 4.74 Å². The zero-order valence-corrected chi connectivity index (χ0v) is 11.5. The van der Waals surface area contributed by atoms with Gasteiger partial charge in [-0.05, 0) is 14.0 Å². The first-order chi connectivity index (χ1) is 8.85. The van der Waals surface area contributed by atoms with Crippen LogP contribution in [-0.2, 0) is 9.53 Å². The number of rotatable bonds is 5. The van der Waals surface area contributed by atoms with Crippen molar-refractivity contribution in [3.05, 3.63) is 22.2 Å². The molecule has 1 aromatic heterocycles. The second-order valence-corrected chi connectivity index (χ2v) is 4.49. The number of hydrogen-bond donors (Lipinski definition) is 0. The second-order valence-electron chi connectivity index (χ2n) is 4.49. The molecule has 0 saturated heterocycles. The highest BCUT2D eigenvalue weighted by molar-refractivity contribution is 5.79. The van der Waals surface area contributed by atoms with Crippen LogP contribution in [0.4, 0.5) is 0 Å². The van der Waals surface area contributed by atoms with E-state index in [1.54, 1.807) is 25.8 Å². The molecule has 0 bridgehead atoms. The van der Waals surface area contributed by atoms with Crippen LogP contribution in [0.25, 0.3) is 0 Å². The fourth-order valence-corrected chi connectivity index (χ4v) is 1.72. The molecule has 1 rings (SSSR count). The Balaban J connectivity index is 2.60. The van der Waals surface area contributed by atoms with E-state index in [1.807, 2.05) is 0 Å². The van der Waals surface area contributed by atoms with E-state index >= 15 is 0 Å². The molecule has 7 nitrogen and oxygen atoms in total. The number of likely N-dealkylation sites (N-methyl/N-ethyl adjacent to an activating group) is 1. The SMILES string of the molecule is COC(=O)C(C)CN(C)CC(=O)n1oc(C)cc1=O. The minimum Gasteiger partial charge on any atom is -0.469 e. The van der Waals surface area contributed by atoms with E-state index in [1.165, 1.54) is 13.2 Å². The van der Waals surface area contributed by atoms with E-state index in [-0.39, 0.29) is 18.4 Å². The first kappa shape index (κ1) is 15.2. The molecule has 0 aliphatic carbocycles. The molecule has 0 aliphatic rings. The number of ether oxygens (including phenoxy) is 1. The number of aryl methyl sites for hydroxylation is 1. The molecular formula is C12H18N2O5. The van der Waals surface area contributed by atoms with Gasteiger partial charge in [0.15, 0.2) is 0 Å². The predicted octanol–water partition coefficient (Wildman–Crippen LogP) is 0.131. The molecule has 0 amide bonds. The molecule has 1 atom stereocenters. The lowest BCUT2D eigenvalue weighted by Crippen LogP contribution is -2.37. The summed E-state index contributed by atoms with van der Waals surface area (Å²) >= 11 is 0. The van der Waals surface area contributed by atoms with Crippen molar-refractivity contribution in [2.75, 3.05) is 27.2 Å². The summed E-state index contributed by atoms with van der Waals surface area (Å²) in [6.45, 7) is 3.63. The van der Waals surface area contributed by atoms with Gasteiger partial charge in [-0.25, -0.2) is 0 Å². The van der Waals surface area contributed by atoms with Crippen molar-refractivity contribution in [1.29, 1.82) is 0 Å². The number of aromatic nitrogens is 1. The van der Waals surface area contributed by atoms with Gasteiger partial charge in [0, 0.05) is 12.6 Å². The minimum atomic E-state index is -0.489. The van der Waals surface area contributed by atoms with Crippen LogP contribution < -0.4 is 5.56 Å². The summed E-state index contributed by atoms with van der Waals surface area (Å²) < 4.78 is 10.3. The summed E-state index contributed by atoms with van der Waals surface area (Å²) in [5.41, 5.74) is -0.489. The third kappa shape index (κ3) is 4.06. The molecule has 19 heavy (non-hydrogen) atoms. The average molecular weight is 270 g/mol. The largest absolute Gasteiger partial charge is 0.469 e. The highest BCUT2D eigenvalue weighted by atomic mass is 16.5. The van der Waals surface area contributed by atoms with E-state index < -0.39 is 11.5 Å². The van der Waals surface area contributed by atoms with Crippen LogP contribution in [0.3, 0.4) is 0 Å². The van der Waals surface area contributed by atoms with Gasteiger partial charge in [0.1, 0.15) is 5.76 Å². The second kappa shape index (κ2) is 6.33. The summed E-state index contributed by atoms with van der Waals surface area (Å²) in [5.74, 6) is -0.787. The number of carbonyl (C=O) groups excluding carboxylic acids is 2. The van der Waals surface area contributed by atoms with Crippen LogP contribution in [0.15, 0.2) is 15.4 Å². The van der Waals surface area contributed by atoms with Gasteiger partial charge in [-0.3, -0.25) is 19.3 Å². The van der Waals surface area contributed by atoms with Gasteiger partial charge in [0.05, 0.1) is 19.6 Å². The Hall–Kier alpha value is -1.89. The fourth-order valence-electron chi connectivity index (χ4n) is 1.72. The maximum atomic E-state index is 11.8. The summed E-state index contributed by atoms with van der Waals surface area (Å²) in [6.07, 6.45) is 0. The monoisotopic (exact) mass is 270 g/mol. The molecule has 0 radical (unpaired) electrons. The van der Waals surface area contributed by atoms with E-state index in [0.717, 1.165) is 0 Å². The third-order valence-corrected chi connectivity index (χ3v) is 2.58. The van der Waals surface area contributed by atoms with Crippen LogP contribution in [0.2, 0.25) is 0 Å². The Morgan fingerprint density at radius 3 is 2.63 bits per heavy atom. The zero-order chi connectivity index (χ0) is 14.6. The summed E-state index contributed by atoms with van der Waals surface area (Å²) in [4.78, 5) is 36.1. The van der Waals surface area contributed by atoms with Gasteiger partial charge in [0.2, 0.25) is 0 Å². The van der Waals surface area contributed by atoms with Crippen molar-refractivity contribution in [1.82, 2.24) is 9.64 Å². The molecule has 0 spiro atoms. The van der Waals surface area contributed by atoms with E-state index in [4.69, 9.17) is 4.52 Å². The fraction of sp³-hybridized carbons (Fsp3) is 0.583. The van der Waals surface area contributed by atoms with Crippen molar-refractivity contribution in [2.45, 2.75) is 13.8 Å². The maximum absolute atomic E-state index is 11.8. The third-order valence-electron chi connectivity index (χ3n) is 2.58. The van der Waals surface area contributed by atoms with Crippen LogP contribution >= 0.6 is 0 Å². The standard InChI is InChI=1S/C12H18N2O5/c1-8(12(17)18-4)6-13(3)7-11(16)14-10(15)5-9(2)19-14/h5,8H,6-7H2,1-4H3. The molecule has 0 aliphatic heterocycles. The minimum absolute atomic E-state index is 0.0196. The number of methoxy groups -OCH3 is 1. The predicted molar refractivity (Wildman–Crippen MR) is 67.0 cm³/mol. The lowest BCUT2D eigenvalue weighted by Gasteiger charge is -2.18. The maximum Gasteiger partial charge on any atom is 0.309 e. The summed E-state index contributed by atoms with van der Waals surface area (Å²) in [7, 11) is 2.99. The molecular weight excluding hydrogens is 252 g/mol. The smallest absolute Gasteiger partial charge is 0.309 e. The van der Waals surface area contributed by atoms with Crippen LogP contribution in [0.5, 0.6) is 0 Å². The van der Waals surface area contributed by atoms with E-state index in [0.29, 0.717) is 17.0 Å². The average Bonchev–Trinajstić information content (AvgIpc) is 2.67. The Morgan fingerprint density at radius 2 is 2.16 bits per heavy atom. The Bertz CT molecular complexity index is 516. The lowest BCUT2D eigenvalue weighted by atomic mass is 10.2. The van der Waals surface area contributed by atoms with Crippen molar-refractivity contribution in [2.24, 2.45) is 5.92 Å². The Kier molecular flexibility index (Phi) is 5.05. The lowest BCUT2D eigenvalue weighted by molar-refractivity contribution is -0.145. The highest BCUT2D eigenvalue weighted by Crippen LogP contribution is 2.01. The Labute approximate surface area is 110 Å². The summed E-state index contributed by atoms with van der Waals surface area (Å²) in [5, 5.41) is 0. The number of carbonyl (C=O) groups is 2. The van der Waals surface area contributed by atoms with Crippen molar-refractivity contribution in [3.63, 3.8) is 0 Å². The van der Waals surface area contributed by atoms with Gasteiger partial charge in [-0.1, -0.05) is 6.92 Å². The molecule has 1 aromatic rings. The molecule has 106 valence electrons. The van der Waals surface area contributed by atoms with Gasteiger partial charge >= 0.3 is 5.97 Å². The summed E-state index contributed by atoms with van der Waals surface area (Å²) in [6, 6.07) is 1.25. The van der Waals surface area contributed by atoms with Gasteiger partial charge < -0.3 is 9.26 Å². The quantitative estimate of drug-likeness (QED) is 0.707. The van der Waals surface area contributed by atoms with Gasteiger partial charge in [-0.15, -0.1) is 4.74 Å². The molecule has 7 heteroatoms. The van der Waals surface area contributed by atoms with Crippen LogP contribution in [0.1, 0.15) is 17.5 Å². The van der Waals surface area contributed by atoms with Crippen molar-refractivity contribution < 1.29 is 18.8 Å². The molecule has 0 N–H and O–H groups in total. The van der Waals surface area contributed by atoms with Crippen molar-refractivity contribution in [3.8, 4) is 0 Å². The number of hydrogen-bond acceptors (Lipinski definition) is 6. The molecule has 1 heterocycles. The highest BCUT2D eigenvalue weighted by Gasteiger charge is 2.19. The molecule has 0 saturated carbocycles. The van der Waals surface area contributed by atoms with Crippen LogP contribution in [0, 0.1) is 12.8 Å². The zero-order valence-electron chi connectivity index (χ0n) is 11.5. The number of esters is 1. The first-order valence-corrected chi connectivity index (χ1v) is 5.84. The topological polar surface area (TPSA) is 81.8 Å². The normalized spacial score (nSPS) is 12.5. The molecule has 0 aromatic carbocycles. The first-order valence-electron chi connectivity index (χ1n) is 5.84. The number of nitrogens with zero attached hydrogens (tertiary/aromatic N) is 2. The molecule has 0 fully saturated rings. The van der Waals surface area contributed by atoms with Crippen LogP contribution in [-0.4, -0.2) is 48.8 Å².